The van der Waals surface area contributed by atoms with Gasteiger partial charge in [0.25, 0.3) is 5.91 Å². The van der Waals surface area contributed by atoms with Gasteiger partial charge in [0.2, 0.25) is 0 Å². The summed E-state index contributed by atoms with van der Waals surface area (Å²) in [6.45, 7) is 9.23. The molecule has 0 radical (unpaired) electrons. The third kappa shape index (κ3) is 5.68. The first-order valence-corrected chi connectivity index (χ1v) is 10.4. The smallest absolute Gasteiger partial charge is 0.282 e. The van der Waals surface area contributed by atoms with E-state index >= 15 is 0 Å². The van der Waals surface area contributed by atoms with Crippen LogP contribution in [0.3, 0.4) is 0 Å². The van der Waals surface area contributed by atoms with Crippen molar-refractivity contribution in [3.8, 4) is 0 Å². The number of amides is 1. The van der Waals surface area contributed by atoms with Crippen molar-refractivity contribution in [2.45, 2.75) is 19.9 Å². The Bertz CT molecular complexity index is 814. The number of nitrogens with one attached hydrogen (secondary N) is 3. The molecule has 1 aliphatic heterocycles. The summed E-state index contributed by atoms with van der Waals surface area (Å²) in [7, 11) is 0. The summed E-state index contributed by atoms with van der Waals surface area (Å²) in [5.41, 5.74) is 3.08. The Kier molecular flexibility index (Phi) is 7.26. The third-order valence-electron chi connectivity index (χ3n) is 5.58. The largest absolute Gasteiger partial charge is 0.322 e. The lowest BCUT2D eigenvalue weighted by atomic mass is 10.1. The number of rotatable bonds is 6. The molecular weight excluding hydrogens is 370 g/mol. The molecule has 4 nitrogen and oxygen atoms in total. The second kappa shape index (κ2) is 9.87. The van der Waals surface area contributed by atoms with E-state index in [4.69, 9.17) is 11.6 Å². The molecule has 0 spiro atoms. The first-order valence-electron chi connectivity index (χ1n) is 9.99. The van der Waals surface area contributed by atoms with E-state index in [1.807, 2.05) is 38.1 Å². The monoisotopic (exact) mass is 399 g/mol. The van der Waals surface area contributed by atoms with Crippen LogP contribution in [0.2, 0.25) is 5.02 Å². The number of aryl methyl sites for hydroxylation is 1. The highest BCUT2D eigenvalue weighted by Crippen LogP contribution is 2.20. The van der Waals surface area contributed by atoms with Gasteiger partial charge in [0.15, 0.2) is 6.04 Å². The first kappa shape index (κ1) is 20.6. The minimum absolute atomic E-state index is 0.0628. The first-order chi connectivity index (χ1) is 13.5. The van der Waals surface area contributed by atoms with Crippen LogP contribution in [0.15, 0.2) is 54.6 Å². The van der Waals surface area contributed by atoms with Gasteiger partial charge in [-0.15, -0.1) is 0 Å². The predicted molar refractivity (Wildman–Crippen MR) is 116 cm³/mol. The standard InChI is InChI=1S/C23H28ClN3O/c1-18-10-11-21(24)17-22(18)25-23(28)19(2)27-15-13-26(14-16-27)12-6-9-20-7-4-3-5-8-20/h3-11,17,19H,12-16H2,1-2H3,(H,25,28)/p+2/b9-6+/t19-/m1/s1. The maximum Gasteiger partial charge on any atom is 0.282 e. The van der Waals surface area contributed by atoms with E-state index in [1.54, 1.807) is 4.90 Å². The van der Waals surface area contributed by atoms with Crippen molar-refractivity contribution in [2.75, 3.05) is 38.0 Å². The van der Waals surface area contributed by atoms with Crippen LogP contribution in [-0.2, 0) is 4.79 Å². The molecule has 1 amide bonds. The minimum Gasteiger partial charge on any atom is -0.322 e. The molecule has 148 valence electrons. The van der Waals surface area contributed by atoms with E-state index in [9.17, 15) is 4.79 Å². The van der Waals surface area contributed by atoms with Gasteiger partial charge in [-0.25, -0.2) is 0 Å². The highest BCUT2D eigenvalue weighted by atomic mass is 35.5. The van der Waals surface area contributed by atoms with Crippen molar-refractivity contribution in [3.05, 3.63) is 70.8 Å². The molecule has 0 aliphatic carbocycles. The van der Waals surface area contributed by atoms with E-state index in [0.29, 0.717) is 5.02 Å². The Hall–Kier alpha value is -2.14. The molecular formula is C23H30ClN3O+2. The van der Waals surface area contributed by atoms with Gasteiger partial charge in [0.1, 0.15) is 26.2 Å². The Morgan fingerprint density at radius 3 is 2.57 bits per heavy atom. The van der Waals surface area contributed by atoms with Crippen molar-refractivity contribution >= 4 is 29.3 Å². The van der Waals surface area contributed by atoms with Crippen LogP contribution in [0.25, 0.3) is 6.08 Å². The Balaban J connectivity index is 1.46. The third-order valence-corrected chi connectivity index (χ3v) is 5.81. The van der Waals surface area contributed by atoms with Gasteiger partial charge in [0, 0.05) is 10.7 Å². The zero-order chi connectivity index (χ0) is 19.9. The number of quaternary nitrogens is 2. The summed E-state index contributed by atoms with van der Waals surface area (Å²) in [6, 6.07) is 15.9. The normalized spacial score (nSPS) is 20.8. The number of halogens is 1. The molecule has 0 unspecified atom stereocenters. The number of hydrogen-bond donors (Lipinski definition) is 3. The number of anilines is 1. The van der Waals surface area contributed by atoms with Crippen molar-refractivity contribution in [1.29, 1.82) is 0 Å². The number of carbonyl (C=O) groups is 1. The molecule has 1 atom stereocenters. The lowest BCUT2D eigenvalue weighted by Crippen LogP contribution is -3.29. The fraction of sp³-hybridized carbons (Fsp3) is 0.348. The predicted octanol–water partition coefficient (Wildman–Crippen LogP) is 1.47. The highest BCUT2D eigenvalue weighted by molar-refractivity contribution is 6.31. The van der Waals surface area contributed by atoms with Crippen molar-refractivity contribution in [1.82, 2.24) is 0 Å². The second-order valence-electron chi connectivity index (χ2n) is 7.60. The number of benzene rings is 2. The van der Waals surface area contributed by atoms with Crippen LogP contribution < -0.4 is 15.1 Å². The molecule has 3 N–H and O–H groups in total. The molecule has 1 saturated heterocycles. The molecule has 1 heterocycles. The minimum atomic E-state index is -0.0696. The molecule has 5 heteroatoms. The average molecular weight is 400 g/mol. The Morgan fingerprint density at radius 2 is 1.86 bits per heavy atom. The van der Waals surface area contributed by atoms with Crippen molar-refractivity contribution in [3.63, 3.8) is 0 Å². The van der Waals surface area contributed by atoms with Gasteiger partial charge in [-0.05, 0) is 43.2 Å². The Morgan fingerprint density at radius 1 is 1.14 bits per heavy atom. The van der Waals surface area contributed by atoms with Crippen LogP contribution in [0.5, 0.6) is 0 Å². The molecule has 1 aliphatic rings. The van der Waals surface area contributed by atoms with Gasteiger partial charge in [-0.1, -0.05) is 54.1 Å². The summed E-state index contributed by atoms with van der Waals surface area (Å²) >= 11 is 6.06. The van der Waals surface area contributed by atoms with E-state index in [1.165, 1.54) is 10.5 Å². The molecule has 2 aromatic rings. The van der Waals surface area contributed by atoms with Crippen LogP contribution in [0, 0.1) is 6.92 Å². The van der Waals surface area contributed by atoms with Crippen LogP contribution in [0.4, 0.5) is 5.69 Å². The lowest BCUT2D eigenvalue weighted by Gasteiger charge is -2.32. The SMILES string of the molecule is Cc1ccc(Cl)cc1NC(=O)[C@@H](C)[NH+]1CC[NH+](C/C=C/c2ccccc2)CC1. The molecule has 2 aromatic carbocycles. The van der Waals surface area contributed by atoms with Gasteiger partial charge >= 0.3 is 0 Å². The zero-order valence-electron chi connectivity index (χ0n) is 16.7. The van der Waals surface area contributed by atoms with Crippen molar-refractivity contribution in [2.24, 2.45) is 0 Å². The fourth-order valence-corrected chi connectivity index (χ4v) is 3.82. The summed E-state index contributed by atoms with van der Waals surface area (Å²) < 4.78 is 0. The summed E-state index contributed by atoms with van der Waals surface area (Å²) in [6.07, 6.45) is 4.45. The molecule has 1 fully saturated rings. The maximum absolute atomic E-state index is 12.7. The summed E-state index contributed by atoms with van der Waals surface area (Å²) in [4.78, 5) is 15.6. The molecule has 3 rings (SSSR count). The molecule has 0 aromatic heterocycles. The zero-order valence-corrected chi connectivity index (χ0v) is 17.4. The Labute approximate surface area is 172 Å². The van der Waals surface area contributed by atoms with Crippen LogP contribution in [0.1, 0.15) is 18.1 Å². The second-order valence-corrected chi connectivity index (χ2v) is 8.03. The average Bonchev–Trinajstić information content (AvgIpc) is 2.71. The van der Waals surface area contributed by atoms with Crippen LogP contribution >= 0.6 is 11.6 Å². The van der Waals surface area contributed by atoms with E-state index < -0.39 is 0 Å². The van der Waals surface area contributed by atoms with Gasteiger partial charge in [0.05, 0.1) is 6.54 Å². The lowest BCUT2D eigenvalue weighted by molar-refractivity contribution is -1.02. The molecule has 0 bridgehead atoms. The van der Waals surface area contributed by atoms with Crippen LogP contribution in [-0.4, -0.2) is 44.7 Å². The number of carbonyl (C=O) groups excluding carboxylic acids is 1. The summed E-state index contributed by atoms with van der Waals surface area (Å²) in [5.74, 6) is 0.0628. The van der Waals surface area contributed by atoms with Gasteiger partial charge in [-0.3, -0.25) is 4.79 Å². The van der Waals surface area contributed by atoms with Gasteiger partial charge < -0.3 is 15.1 Å². The number of piperazine rings is 1. The van der Waals surface area contributed by atoms with E-state index in [2.05, 4.69) is 41.7 Å². The quantitative estimate of drug-likeness (QED) is 0.676. The fourth-order valence-electron chi connectivity index (χ4n) is 3.64. The topological polar surface area (TPSA) is 38.0 Å². The molecule has 0 saturated carbocycles. The van der Waals surface area contributed by atoms with E-state index in [-0.39, 0.29) is 11.9 Å². The maximum atomic E-state index is 12.7. The highest BCUT2D eigenvalue weighted by Gasteiger charge is 2.30. The van der Waals surface area contributed by atoms with Crippen molar-refractivity contribution < 1.29 is 14.6 Å². The van der Waals surface area contributed by atoms with E-state index in [0.717, 1.165) is 44.0 Å². The van der Waals surface area contributed by atoms with Gasteiger partial charge in [-0.2, -0.15) is 0 Å². The number of hydrogen-bond acceptors (Lipinski definition) is 1. The summed E-state index contributed by atoms with van der Waals surface area (Å²) in [5, 5.41) is 3.69. The molecule has 28 heavy (non-hydrogen) atoms.